The number of carbonyl (C=O) groups is 2. The lowest BCUT2D eigenvalue weighted by molar-refractivity contribution is -0.139. The first-order valence-electron chi connectivity index (χ1n) is 7.55. The van der Waals surface area contributed by atoms with Crippen molar-refractivity contribution in [3.63, 3.8) is 0 Å². The van der Waals surface area contributed by atoms with Crippen molar-refractivity contribution in [3.05, 3.63) is 35.6 Å². The molecule has 0 aliphatic carbocycles. The van der Waals surface area contributed by atoms with Crippen LogP contribution in [0.25, 0.3) is 0 Å². The fourth-order valence-corrected chi connectivity index (χ4v) is 3.26. The van der Waals surface area contributed by atoms with Gasteiger partial charge in [-0.15, -0.1) is 0 Å². The number of rotatable bonds is 5. The van der Waals surface area contributed by atoms with Crippen LogP contribution in [0, 0.1) is 11.2 Å². The molecule has 0 saturated carbocycles. The highest BCUT2D eigenvalue weighted by Gasteiger charge is 2.45. The molecule has 2 atom stereocenters. The summed E-state index contributed by atoms with van der Waals surface area (Å²) in [6.07, 6.45) is 4.33. The summed E-state index contributed by atoms with van der Waals surface area (Å²) < 4.78 is 13.1. The Morgan fingerprint density at radius 2 is 1.90 bits per heavy atom. The van der Waals surface area contributed by atoms with Gasteiger partial charge in [0.25, 0.3) is 0 Å². The third-order valence-electron chi connectivity index (χ3n) is 4.34. The molecular weight excluding hydrogens is 269 g/mol. The van der Waals surface area contributed by atoms with Gasteiger partial charge in [-0.3, -0.25) is 14.9 Å². The molecule has 1 heterocycles. The number of halogens is 1. The molecule has 21 heavy (non-hydrogen) atoms. The predicted molar refractivity (Wildman–Crippen MR) is 79.2 cm³/mol. The van der Waals surface area contributed by atoms with Gasteiger partial charge >= 0.3 is 0 Å². The number of amides is 2. The van der Waals surface area contributed by atoms with Gasteiger partial charge in [0.15, 0.2) is 0 Å². The number of piperidine rings is 1. The molecular formula is C17H22FNO2. The highest BCUT2D eigenvalue weighted by Crippen LogP contribution is 2.45. The first kappa shape index (κ1) is 15.7. The largest absolute Gasteiger partial charge is 0.296 e. The van der Waals surface area contributed by atoms with E-state index >= 15 is 0 Å². The van der Waals surface area contributed by atoms with Crippen molar-refractivity contribution in [2.75, 3.05) is 0 Å². The standard InChI is InChI=1S/C17H22FNO2/c1-3-4-5-10-17(2)11-14(20)19-16(21)15(17)12-6-8-13(18)9-7-12/h6-9,15H,3-5,10-11H2,1-2H3,(H,19,20,21). The molecule has 1 N–H and O–H groups in total. The van der Waals surface area contributed by atoms with Crippen molar-refractivity contribution in [3.8, 4) is 0 Å². The molecule has 2 amide bonds. The van der Waals surface area contributed by atoms with E-state index in [4.69, 9.17) is 0 Å². The van der Waals surface area contributed by atoms with Gasteiger partial charge in [-0.25, -0.2) is 4.39 Å². The number of unbranched alkanes of at least 4 members (excludes halogenated alkanes) is 2. The average Bonchev–Trinajstić information content (AvgIpc) is 2.40. The van der Waals surface area contributed by atoms with Crippen LogP contribution < -0.4 is 5.32 Å². The number of benzene rings is 1. The smallest absolute Gasteiger partial charge is 0.234 e. The van der Waals surface area contributed by atoms with Crippen molar-refractivity contribution in [2.45, 2.75) is 51.9 Å². The molecule has 1 aromatic carbocycles. The van der Waals surface area contributed by atoms with Crippen molar-refractivity contribution in [2.24, 2.45) is 5.41 Å². The number of imide groups is 1. The van der Waals surface area contributed by atoms with Gasteiger partial charge in [0, 0.05) is 6.42 Å². The first-order chi connectivity index (χ1) is 9.96. The minimum Gasteiger partial charge on any atom is -0.296 e. The molecule has 1 aliphatic rings. The van der Waals surface area contributed by atoms with E-state index < -0.39 is 11.3 Å². The molecule has 1 aliphatic heterocycles. The van der Waals surface area contributed by atoms with E-state index in [9.17, 15) is 14.0 Å². The van der Waals surface area contributed by atoms with E-state index in [1.807, 2.05) is 6.92 Å². The Balaban J connectivity index is 2.30. The zero-order chi connectivity index (χ0) is 15.5. The second-order valence-corrected chi connectivity index (χ2v) is 6.18. The van der Waals surface area contributed by atoms with E-state index in [1.54, 1.807) is 12.1 Å². The van der Waals surface area contributed by atoms with E-state index in [0.29, 0.717) is 6.42 Å². The highest BCUT2D eigenvalue weighted by molar-refractivity contribution is 6.02. The fraction of sp³-hybridized carbons (Fsp3) is 0.529. The van der Waals surface area contributed by atoms with Crippen LogP contribution in [0.2, 0.25) is 0 Å². The molecule has 0 aromatic heterocycles. The van der Waals surface area contributed by atoms with Crippen LogP contribution in [0.4, 0.5) is 4.39 Å². The SMILES string of the molecule is CCCCCC1(C)CC(=O)NC(=O)C1c1ccc(F)cc1. The second-order valence-electron chi connectivity index (χ2n) is 6.18. The third kappa shape index (κ3) is 3.49. The highest BCUT2D eigenvalue weighted by atomic mass is 19.1. The van der Waals surface area contributed by atoms with Crippen LogP contribution in [0.15, 0.2) is 24.3 Å². The van der Waals surface area contributed by atoms with Crippen molar-refractivity contribution < 1.29 is 14.0 Å². The monoisotopic (exact) mass is 291 g/mol. The van der Waals surface area contributed by atoms with E-state index in [-0.39, 0.29) is 17.6 Å². The summed E-state index contributed by atoms with van der Waals surface area (Å²) in [4.78, 5) is 24.1. The van der Waals surface area contributed by atoms with Crippen LogP contribution in [-0.4, -0.2) is 11.8 Å². The summed E-state index contributed by atoms with van der Waals surface area (Å²) in [7, 11) is 0. The van der Waals surface area contributed by atoms with Crippen LogP contribution in [0.1, 0.15) is 57.4 Å². The second kappa shape index (κ2) is 6.37. The molecule has 1 saturated heterocycles. The van der Waals surface area contributed by atoms with Crippen LogP contribution in [0.5, 0.6) is 0 Å². The van der Waals surface area contributed by atoms with Crippen LogP contribution in [0.3, 0.4) is 0 Å². The minimum absolute atomic E-state index is 0.211. The molecule has 4 heteroatoms. The van der Waals surface area contributed by atoms with Gasteiger partial charge in [-0.05, 0) is 29.5 Å². The lowest BCUT2D eigenvalue weighted by atomic mass is 9.66. The first-order valence-corrected chi connectivity index (χ1v) is 7.55. The Labute approximate surface area is 124 Å². The molecule has 1 fully saturated rings. The predicted octanol–water partition coefficient (Wildman–Crippen LogP) is 3.54. The summed E-state index contributed by atoms with van der Waals surface area (Å²) in [5.41, 5.74) is 0.382. The normalized spacial score (nSPS) is 25.8. The van der Waals surface area contributed by atoms with Gasteiger partial charge in [0.05, 0.1) is 5.92 Å². The molecule has 2 rings (SSSR count). The molecule has 0 spiro atoms. The topological polar surface area (TPSA) is 46.2 Å². The summed E-state index contributed by atoms with van der Waals surface area (Å²) in [6.45, 7) is 4.12. The summed E-state index contributed by atoms with van der Waals surface area (Å²) in [5.74, 6) is -1.19. The Bertz CT molecular complexity index is 526. The minimum atomic E-state index is -0.396. The van der Waals surface area contributed by atoms with Crippen molar-refractivity contribution in [1.82, 2.24) is 5.32 Å². The Kier molecular flexibility index (Phi) is 4.76. The lowest BCUT2D eigenvalue weighted by Crippen LogP contribution is -2.49. The molecule has 114 valence electrons. The van der Waals surface area contributed by atoms with Gasteiger partial charge in [-0.1, -0.05) is 45.2 Å². The lowest BCUT2D eigenvalue weighted by Gasteiger charge is -2.40. The summed E-state index contributed by atoms with van der Waals surface area (Å²) in [6, 6.07) is 6.03. The maximum absolute atomic E-state index is 13.1. The zero-order valence-electron chi connectivity index (χ0n) is 12.6. The van der Waals surface area contributed by atoms with Crippen LogP contribution >= 0.6 is 0 Å². The number of nitrogens with one attached hydrogen (secondary N) is 1. The van der Waals surface area contributed by atoms with Gasteiger partial charge in [-0.2, -0.15) is 0 Å². The van der Waals surface area contributed by atoms with Gasteiger partial charge in [0.2, 0.25) is 11.8 Å². The van der Waals surface area contributed by atoms with Gasteiger partial charge < -0.3 is 0 Å². The third-order valence-corrected chi connectivity index (χ3v) is 4.34. The number of hydrogen-bond acceptors (Lipinski definition) is 2. The summed E-state index contributed by atoms with van der Waals surface area (Å²) in [5, 5.41) is 2.42. The molecule has 1 aromatic rings. The number of carbonyl (C=O) groups excluding carboxylic acids is 2. The van der Waals surface area contributed by atoms with Crippen LogP contribution in [-0.2, 0) is 9.59 Å². The summed E-state index contributed by atoms with van der Waals surface area (Å²) >= 11 is 0. The quantitative estimate of drug-likeness (QED) is 0.666. The van der Waals surface area contributed by atoms with Gasteiger partial charge in [0.1, 0.15) is 5.82 Å². The zero-order valence-corrected chi connectivity index (χ0v) is 12.6. The molecule has 3 nitrogen and oxygen atoms in total. The molecule has 2 unspecified atom stereocenters. The molecule has 0 bridgehead atoms. The maximum atomic E-state index is 13.1. The van der Waals surface area contributed by atoms with Crippen molar-refractivity contribution in [1.29, 1.82) is 0 Å². The maximum Gasteiger partial charge on any atom is 0.234 e. The van der Waals surface area contributed by atoms with E-state index in [0.717, 1.165) is 31.2 Å². The van der Waals surface area contributed by atoms with Crippen molar-refractivity contribution >= 4 is 11.8 Å². The van der Waals surface area contributed by atoms with E-state index in [2.05, 4.69) is 12.2 Å². The number of hydrogen-bond donors (Lipinski definition) is 1. The Morgan fingerprint density at radius 1 is 1.24 bits per heavy atom. The Morgan fingerprint density at radius 3 is 2.52 bits per heavy atom. The average molecular weight is 291 g/mol. The molecule has 0 radical (unpaired) electrons. The van der Waals surface area contributed by atoms with E-state index in [1.165, 1.54) is 12.1 Å². The Hall–Kier alpha value is -1.71. The fourth-order valence-electron chi connectivity index (χ4n) is 3.26.